The van der Waals surface area contributed by atoms with Gasteiger partial charge in [0.2, 0.25) is 5.88 Å². The number of para-hydroxylation sites is 5. The zero-order chi connectivity index (χ0) is 97.3. The molecular weight excluding hydrogens is 1850 g/mol. The molecule has 0 unspecified atom stereocenters. The number of aliphatic imine (C=N–C) groups is 4. The Morgan fingerprint density at radius 2 is 0.764 bits per heavy atom. The van der Waals surface area contributed by atoms with Gasteiger partial charge >= 0.3 is 0 Å². The van der Waals surface area contributed by atoms with Crippen molar-refractivity contribution in [3.8, 4) is 28.9 Å². The average molecular weight is 1950 g/mol. The Kier molecular flexibility index (Phi) is 35.5. The molecule has 140 heavy (non-hydrogen) atoms. The first-order valence-electron chi connectivity index (χ1n) is 45.2. The SMILES string of the molecule is CCCCN1C(=O)/C(=C/c2ccc(CO)cc2)SC1=Nc1ccccc1.CCCCN1C(=O)/C(=C/c2ccc(OC)cc2)SC1=Nc1ccccc1.COc1ccc(/C=C2\SC(=Nc3ccccc3)N(Cc3ccco3)C2=O)cc1.COc1ccc(/C=C2\SC(=Nc3ccccc3)N(c3ccc(OC)cc3)C2=O)cc1.Oc1c(C=c2ccc3c(c2)C=CN=3)sc(=Nc2ccccc2)n1Cc1ccccc1. The standard InChI is InChI=1S/C25H19N3OS.C24H20N2O3S.C22H18N2O3S.2C21H22N2O2S/c29-24-23(16-19-11-12-22-20(15-19)13-14-26-22)30-25(27-21-9-5-2-6-10-21)28(24)17-18-7-3-1-4-8-18;1-28-20-12-8-17(9-13-20)16-22-23(27)26(19-10-14-21(29-2)15-11-19)24(30-22)25-18-6-4-3-5-7-18;1-26-18-11-9-16(10-12-18)14-20-21(25)24(15-19-8-5-13-27-19)22(28-20)23-17-6-3-2-4-7-17;1-3-4-14-23-20(24)19(15-16-10-12-18(25-2)13-11-16)26-21(23)22-17-8-6-5-7-9-17;1-2-3-13-23-20(25)19(14-16-9-11-17(15-24)12-10-16)26-21(23)22-18-7-5-4-6-8-18/h1-16,29H,17H2;3-16H,1-2H3;2-14H,15H2,1H3;5-13,15H,3-4,14H2,1-2H3;4-12,14,24H,2-3,13,15H2,1H3/b;22-16-,25-24?;20-14-,23-22?;19-15-,22-21?;19-14-,22-21?. The Bertz CT molecular complexity index is 6970. The molecule has 0 bridgehead atoms. The van der Waals surface area contributed by atoms with E-state index in [1.54, 1.807) is 54.3 Å². The summed E-state index contributed by atoms with van der Waals surface area (Å²) in [7, 11) is 6.51. The number of aliphatic hydroxyl groups is 1. The first kappa shape index (κ1) is 99.1. The maximum Gasteiger partial charge on any atom is 0.271 e. The lowest BCUT2D eigenvalue weighted by Crippen LogP contribution is -2.30. The van der Waals surface area contributed by atoms with Crippen molar-refractivity contribution in [3.63, 3.8) is 0 Å². The van der Waals surface area contributed by atoms with Crippen LogP contribution in [0.25, 0.3) is 36.5 Å². The van der Waals surface area contributed by atoms with Gasteiger partial charge in [-0.25, -0.2) is 25.0 Å². The number of aromatic hydroxyl groups is 1. The highest BCUT2D eigenvalue weighted by atomic mass is 32.2. The fourth-order valence-corrected chi connectivity index (χ4v) is 19.3. The number of furan rings is 1. The monoisotopic (exact) mass is 1950 g/mol. The van der Waals surface area contributed by atoms with Crippen LogP contribution in [-0.4, -0.2) is 115 Å². The maximum absolute atomic E-state index is 13.3. The molecule has 12 aromatic carbocycles. The van der Waals surface area contributed by atoms with Gasteiger partial charge in [-0.05, 0) is 281 Å². The van der Waals surface area contributed by atoms with Crippen molar-refractivity contribution in [3.05, 3.63) is 431 Å². The second-order valence-electron chi connectivity index (χ2n) is 31.5. The fraction of sp³-hybridized carbons (Fsp3) is 0.133. The number of rotatable bonds is 26. The van der Waals surface area contributed by atoms with Crippen molar-refractivity contribution in [1.82, 2.24) is 19.3 Å². The highest BCUT2D eigenvalue weighted by Crippen LogP contribution is 2.42. The van der Waals surface area contributed by atoms with E-state index in [4.69, 9.17) is 38.5 Å². The number of anilines is 1. The van der Waals surface area contributed by atoms with Crippen LogP contribution in [0.15, 0.2) is 400 Å². The highest BCUT2D eigenvalue weighted by Gasteiger charge is 2.38. The Morgan fingerprint density at radius 3 is 1.17 bits per heavy atom. The van der Waals surface area contributed by atoms with Crippen LogP contribution in [0.3, 0.4) is 0 Å². The zero-order valence-electron chi connectivity index (χ0n) is 77.8. The summed E-state index contributed by atoms with van der Waals surface area (Å²) in [5.41, 5.74) is 11.7. The van der Waals surface area contributed by atoms with Crippen LogP contribution < -0.4 is 39.2 Å². The molecule has 0 atom stereocenters. The van der Waals surface area contributed by atoms with Crippen molar-refractivity contribution in [1.29, 1.82) is 0 Å². The molecule has 22 nitrogen and oxygen atoms in total. The second-order valence-corrected chi connectivity index (χ2v) is 36.6. The topological polar surface area (TPSA) is 251 Å². The number of fused-ring (bicyclic) bond motifs is 1. The minimum atomic E-state index is -0.115. The minimum absolute atomic E-state index is 0.00404. The lowest BCUT2D eigenvalue weighted by atomic mass is 10.1. The van der Waals surface area contributed by atoms with E-state index in [2.05, 4.69) is 52.0 Å². The lowest BCUT2D eigenvalue weighted by molar-refractivity contribution is -0.123. The fourth-order valence-electron chi connectivity index (χ4n) is 14.3. The van der Waals surface area contributed by atoms with Gasteiger partial charge in [0, 0.05) is 24.9 Å². The molecule has 4 amide bonds. The number of thioether (sulfide) groups is 4. The number of aromatic nitrogens is 1. The van der Waals surface area contributed by atoms with E-state index in [0.717, 1.165) is 152 Å². The third kappa shape index (κ3) is 27.1. The van der Waals surface area contributed by atoms with Crippen LogP contribution in [-0.2, 0) is 38.9 Å². The third-order valence-electron chi connectivity index (χ3n) is 21.7. The van der Waals surface area contributed by atoms with Gasteiger partial charge in [0.15, 0.2) is 25.5 Å². The van der Waals surface area contributed by atoms with Gasteiger partial charge in [-0.2, -0.15) is 0 Å². The van der Waals surface area contributed by atoms with Crippen molar-refractivity contribution in [2.75, 3.05) is 46.4 Å². The molecule has 27 heteroatoms. The van der Waals surface area contributed by atoms with Gasteiger partial charge in [0.25, 0.3) is 23.6 Å². The van der Waals surface area contributed by atoms with E-state index in [-0.39, 0.29) is 36.1 Å². The summed E-state index contributed by atoms with van der Waals surface area (Å²) in [6.07, 6.45) is 18.9. The number of thiazole rings is 1. The van der Waals surface area contributed by atoms with Crippen LogP contribution in [0.1, 0.15) is 89.1 Å². The van der Waals surface area contributed by atoms with E-state index >= 15 is 0 Å². The summed E-state index contributed by atoms with van der Waals surface area (Å²) in [6, 6.07) is 106. The normalized spacial score (nSPS) is 16.2. The molecule has 14 aromatic rings. The van der Waals surface area contributed by atoms with Crippen molar-refractivity contribution >= 4 is 173 Å². The van der Waals surface area contributed by atoms with Gasteiger partial charge in [-0.15, -0.1) is 0 Å². The van der Waals surface area contributed by atoms with Crippen molar-refractivity contribution in [2.24, 2.45) is 30.0 Å². The first-order valence-corrected chi connectivity index (χ1v) is 49.3. The number of methoxy groups -OCH3 is 4. The van der Waals surface area contributed by atoms with E-state index in [0.29, 0.717) is 61.9 Å². The molecule has 5 aliphatic heterocycles. The van der Waals surface area contributed by atoms with Crippen molar-refractivity contribution in [2.45, 2.75) is 59.2 Å². The summed E-state index contributed by atoms with van der Waals surface area (Å²) < 4.78 is 28.1. The Morgan fingerprint density at radius 1 is 0.386 bits per heavy atom. The molecule has 0 radical (unpaired) electrons. The first-order chi connectivity index (χ1) is 68.6. The quantitative estimate of drug-likeness (QED) is 0.0478. The smallest absolute Gasteiger partial charge is 0.271 e. The number of ether oxygens (including phenoxy) is 4. The Balaban J connectivity index is 0.000000133. The van der Waals surface area contributed by atoms with Gasteiger partial charge in [-0.3, -0.25) is 48.3 Å². The van der Waals surface area contributed by atoms with Crippen molar-refractivity contribution < 1.29 is 52.8 Å². The highest BCUT2D eigenvalue weighted by molar-refractivity contribution is 8.19. The van der Waals surface area contributed by atoms with E-state index in [9.17, 15) is 24.3 Å². The summed E-state index contributed by atoms with van der Waals surface area (Å²) in [5.74, 6) is 3.83. The molecule has 0 spiro atoms. The summed E-state index contributed by atoms with van der Waals surface area (Å²) in [4.78, 5) is 90.9. The molecular formula is C113H101N11O11S5. The molecule has 2 N–H and O–H groups in total. The number of carbonyl (C=O) groups excluding carboxylic acids is 4. The van der Waals surface area contributed by atoms with Gasteiger partial charge in [0.1, 0.15) is 28.8 Å². The van der Waals surface area contributed by atoms with Gasteiger partial charge in [-0.1, -0.05) is 226 Å². The van der Waals surface area contributed by atoms with Crippen LogP contribution in [0.5, 0.6) is 28.9 Å². The van der Waals surface area contributed by atoms with Gasteiger partial charge < -0.3 is 33.6 Å². The van der Waals surface area contributed by atoms with Crippen LogP contribution in [0, 0.1) is 0 Å². The Labute approximate surface area is 834 Å². The predicted molar refractivity (Wildman–Crippen MR) is 572 cm³/mol. The number of aliphatic hydroxyl groups excluding tert-OH is 1. The third-order valence-corrected chi connectivity index (χ3v) is 26.7. The molecule has 704 valence electrons. The van der Waals surface area contributed by atoms with E-state index < -0.39 is 0 Å². The Hall–Kier alpha value is -15.4. The second kappa shape index (κ2) is 50.1. The molecule has 4 fully saturated rings. The number of amides is 4. The van der Waals surface area contributed by atoms with Gasteiger partial charge in [0.05, 0.1) is 118 Å². The molecule has 4 saturated heterocycles. The number of carbonyl (C=O) groups is 4. The van der Waals surface area contributed by atoms with E-state index in [1.165, 1.54) is 58.4 Å². The maximum atomic E-state index is 13.3. The average Bonchev–Trinajstić information content (AvgIpc) is 1.68. The number of hydrogen-bond donors (Lipinski definition) is 2. The van der Waals surface area contributed by atoms with Crippen LogP contribution in [0.2, 0.25) is 0 Å². The lowest BCUT2D eigenvalue weighted by Gasteiger charge is -2.16. The number of amidine groups is 4. The predicted octanol–water partition coefficient (Wildman–Crippen LogP) is 24.3. The summed E-state index contributed by atoms with van der Waals surface area (Å²) in [6.45, 7) is 6.50. The molecule has 0 saturated carbocycles. The zero-order valence-corrected chi connectivity index (χ0v) is 81.8. The minimum Gasteiger partial charge on any atom is -0.497 e. The summed E-state index contributed by atoms with van der Waals surface area (Å²) >= 11 is 7.05. The van der Waals surface area contributed by atoms with Crippen LogP contribution in [0.4, 0.5) is 34.1 Å². The number of unbranched alkanes of at least 4 members (excludes halogenated alkanes) is 2. The van der Waals surface area contributed by atoms with E-state index in [1.807, 2.05) is 363 Å². The summed E-state index contributed by atoms with van der Waals surface area (Å²) in [5, 5.41) is 24.9. The number of benzene rings is 12. The molecule has 7 heterocycles. The number of nitrogens with zero attached hydrogens (tertiary/aromatic N) is 11. The number of hydrogen-bond acceptors (Lipinski definition) is 22. The largest absolute Gasteiger partial charge is 0.497 e. The molecule has 0 aliphatic carbocycles. The molecule has 2 aromatic heterocycles. The molecule has 5 aliphatic rings. The molecule has 19 rings (SSSR count). The van der Waals surface area contributed by atoms with Crippen LogP contribution >= 0.6 is 58.4 Å².